The number of nitrogens with zero attached hydrogens (tertiary/aromatic N) is 1. The summed E-state index contributed by atoms with van der Waals surface area (Å²) >= 11 is 0. The molecule has 0 radical (unpaired) electrons. The molecule has 0 spiro atoms. The molecule has 1 amide bonds. The zero-order valence-corrected chi connectivity index (χ0v) is 11.6. The second-order valence-corrected chi connectivity index (χ2v) is 4.70. The van der Waals surface area contributed by atoms with E-state index in [0.717, 1.165) is 17.7 Å². The summed E-state index contributed by atoms with van der Waals surface area (Å²) in [7, 11) is 0. The van der Waals surface area contributed by atoms with Crippen molar-refractivity contribution in [1.29, 1.82) is 0 Å². The van der Waals surface area contributed by atoms with Crippen LogP contribution in [0.5, 0.6) is 0 Å². The Morgan fingerprint density at radius 1 is 1.38 bits per heavy atom. The number of hydrogen-bond acceptors (Lipinski definition) is 2. The van der Waals surface area contributed by atoms with Crippen molar-refractivity contribution < 1.29 is 22.7 Å². The summed E-state index contributed by atoms with van der Waals surface area (Å²) in [6, 6.07) is 5.25. The minimum atomic E-state index is -4.35. The monoisotopic (exact) mass is 299 g/mol. The van der Waals surface area contributed by atoms with Crippen LogP contribution in [0.4, 0.5) is 18.0 Å². The van der Waals surface area contributed by atoms with Crippen molar-refractivity contribution in [2.75, 3.05) is 19.7 Å². The van der Waals surface area contributed by atoms with E-state index in [1.165, 1.54) is 11.0 Å². The number of carbonyl (C=O) groups excluding carboxylic acids is 1. The van der Waals surface area contributed by atoms with Crippen LogP contribution in [0, 0.1) is 0 Å². The largest absolute Gasteiger partial charge is 0.450 e. The minimum Gasteiger partial charge on any atom is -0.450 e. The molecule has 1 aliphatic rings. The van der Waals surface area contributed by atoms with Crippen LogP contribution in [0.15, 0.2) is 30.3 Å². The summed E-state index contributed by atoms with van der Waals surface area (Å²) in [6.07, 6.45) is -2.45. The van der Waals surface area contributed by atoms with Gasteiger partial charge in [-0.25, -0.2) is 4.79 Å². The maximum Gasteiger partial charge on any atom is 0.416 e. The predicted octanol–water partition coefficient (Wildman–Crippen LogP) is 3.95. The maximum absolute atomic E-state index is 12.7. The second-order valence-electron chi connectivity index (χ2n) is 4.70. The van der Waals surface area contributed by atoms with E-state index in [0.29, 0.717) is 31.7 Å². The van der Waals surface area contributed by atoms with Crippen LogP contribution >= 0.6 is 0 Å². The van der Waals surface area contributed by atoms with Crippen LogP contribution in [0.1, 0.15) is 24.5 Å². The third-order valence-electron chi connectivity index (χ3n) is 3.30. The summed E-state index contributed by atoms with van der Waals surface area (Å²) < 4.78 is 43.0. The van der Waals surface area contributed by atoms with Gasteiger partial charge in [0.1, 0.15) is 0 Å². The average Bonchev–Trinajstić information content (AvgIpc) is 2.47. The smallest absolute Gasteiger partial charge is 0.416 e. The Balaban J connectivity index is 2.12. The van der Waals surface area contributed by atoms with Crippen molar-refractivity contribution in [3.63, 3.8) is 0 Å². The van der Waals surface area contributed by atoms with Crippen molar-refractivity contribution in [3.8, 4) is 0 Å². The first-order valence-corrected chi connectivity index (χ1v) is 6.70. The predicted molar refractivity (Wildman–Crippen MR) is 72.6 cm³/mol. The molecule has 0 unspecified atom stereocenters. The molecule has 0 atom stereocenters. The van der Waals surface area contributed by atoms with E-state index in [2.05, 4.69) is 0 Å². The van der Waals surface area contributed by atoms with Gasteiger partial charge in [0.05, 0.1) is 12.2 Å². The van der Waals surface area contributed by atoms with Crippen molar-refractivity contribution in [2.45, 2.75) is 19.5 Å². The number of alkyl halides is 3. The third-order valence-corrected chi connectivity index (χ3v) is 3.30. The molecule has 0 N–H and O–H groups in total. The fourth-order valence-electron chi connectivity index (χ4n) is 2.21. The lowest BCUT2D eigenvalue weighted by molar-refractivity contribution is -0.137. The van der Waals surface area contributed by atoms with E-state index in [4.69, 9.17) is 4.74 Å². The Morgan fingerprint density at radius 2 is 2.14 bits per heavy atom. The van der Waals surface area contributed by atoms with Gasteiger partial charge in [-0.1, -0.05) is 18.2 Å². The standard InChI is InChI=1S/C15H16F3NO2/c1-2-21-14(20)19-8-6-11(7-9-19)12-4-3-5-13(10-12)15(16,17)18/h3-6,10H,2,7-9H2,1H3. The highest BCUT2D eigenvalue weighted by molar-refractivity contribution is 5.72. The van der Waals surface area contributed by atoms with Gasteiger partial charge in [-0.2, -0.15) is 13.2 Å². The van der Waals surface area contributed by atoms with Crippen LogP contribution < -0.4 is 0 Å². The first kappa shape index (κ1) is 15.4. The summed E-state index contributed by atoms with van der Waals surface area (Å²) in [5.41, 5.74) is 0.712. The first-order chi connectivity index (χ1) is 9.91. The number of amides is 1. The molecule has 0 aliphatic carbocycles. The van der Waals surface area contributed by atoms with E-state index < -0.39 is 17.8 Å². The lowest BCUT2D eigenvalue weighted by atomic mass is 9.98. The molecular weight excluding hydrogens is 283 g/mol. The SMILES string of the molecule is CCOC(=O)N1CC=C(c2cccc(C(F)(F)F)c2)CC1. The Morgan fingerprint density at radius 3 is 2.71 bits per heavy atom. The van der Waals surface area contributed by atoms with Crippen LogP contribution in [0.25, 0.3) is 5.57 Å². The van der Waals surface area contributed by atoms with Crippen LogP contribution in [-0.4, -0.2) is 30.7 Å². The zero-order chi connectivity index (χ0) is 15.5. The summed E-state index contributed by atoms with van der Waals surface area (Å²) in [5.74, 6) is 0. The second kappa shape index (κ2) is 6.20. The Bertz CT molecular complexity index is 552. The Hall–Kier alpha value is -1.98. The van der Waals surface area contributed by atoms with Gasteiger partial charge in [0.2, 0.25) is 0 Å². The maximum atomic E-state index is 12.7. The van der Waals surface area contributed by atoms with Crippen LogP contribution in [0.2, 0.25) is 0 Å². The van der Waals surface area contributed by atoms with E-state index in [9.17, 15) is 18.0 Å². The van der Waals surface area contributed by atoms with E-state index >= 15 is 0 Å². The van der Waals surface area contributed by atoms with Gasteiger partial charge in [0.15, 0.2) is 0 Å². The number of carbonyl (C=O) groups is 1. The average molecular weight is 299 g/mol. The van der Waals surface area contributed by atoms with Crippen molar-refractivity contribution in [3.05, 3.63) is 41.5 Å². The van der Waals surface area contributed by atoms with Crippen molar-refractivity contribution in [2.24, 2.45) is 0 Å². The number of ether oxygens (including phenoxy) is 1. The van der Waals surface area contributed by atoms with E-state index in [-0.39, 0.29) is 0 Å². The molecule has 114 valence electrons. The lowest BCUT2D eigenvalue weighted by Gasteiger charge is -2.26. The fourth-order valence-corrected chi connectivity index (χ4v) is 2.21. The van der Waals surface area contributed by atoms with Gasteiger partial charge in [-0.3, -0.25) is 0 Å². The van der Waals surface area contributed by atoms with Gasteiger partial charge in [0.25, 0.3) is 0 Å². The molecule has 6 heteroatoms. The van der Waals surface area contributed by atoms with Gasteiger partial charge < -0.3 is 9.64 Å². The molecule has 1 aromatic rings. The highest BCUT2D eigenvalue weighted by Gasteiger charge is 2.30. The summed E-state index contributed by atoms with van der Waals surface area (Å²) in [4.78, 5) is 13.1. The minimum absolute atomic E-state index is 0.305. The van der Waals surface area contributed by atoms with Gasteiger partial charge in [0, 0.05) is 13.1 Å². The molecule has 21 heavy (non-hydrogen) atoms. The number of halogens is 3. The van der Waals surface area contributed by atoms with Crippen LogP contribution in [-0.2, 0) is 10.9 Å². The molecule has 3 nitrogen and oxygen atoms in total. The molecule has 1 aromatic carbocycles. The van der Waals surface area contributed by atoms with E-state index in [1.807, 2.05) is 0 Å². The Labute approximate surface area is 121 Å². The Kier molecular flexibility index (Phi) is 4.55. The number of hydrogen-bond donors (Lipinski definition) is 0. The topological polar surface area (TPSA) is 29.5 Å². The lowest BCUT2D eigenvalue weighted by Crippen LogP contribution is -2.35. The highest BCUT2D eigenvalue weighted by atomic mass is 19.4. The summed E-state index contributed by atoms with van der Waals surface area (Å²) in [6.45, 7) is 2.83. The molecule has 0 saturated heterocycles. The molecule has 0 fully saturated rings. The number of rotatable bonds is 2. The molecule has 0 bridgehead atoms. The van der Waals surface area contributed by atoms with Crippen molar-refractivity contribution in [1.82, 2.24) is 4.90 Å². The quantitative estimate of drug-likeness (QED) is 0.827. The van der Waals surface area contributed by atoms with Gasteiger partial charge >= 0.3 is 12.3 Å². The summed E-state index contributed by atoms with van der Waals surface area (Å²) in [5, 5.41) is 0. The third kappa shape index (κ3) is 3.77. The van der Waals surface area contributed by atoms with Crippen molar-refractivity contribution >= 4 is 11.7 Å². The normalized spacial score (nSPS) is 15.6. The molecule has 1 heterocycles. The first-order valence-electron chi connectivity index (χ1n) is 6.70. The van der Waals surface area contributed by atoms with E-state index in [1.54, 1.807) is 19.1 Å². The molecule has 0 aromatic heterocycles. The van der Waals surface area contributed by atoms with Gasteiger partial charge in [-0.05, 0) is 36.6 Å². The number of benzene rings is 1. The molecule has 2 rings (SSSR count). The molecule has 1 aliphatic heterocycles. The molecular formula is C15H16F3NO2. The molecule has 0 saturated carbocycles. The zero-order valence-electron chi connectivity index (χ0n) is 11.6. The fraction of sp³-hybridized carbons (Fsp3) is 0.400. The van der Waals surface area contributed by atoms with Crippen LogP contribution in [0.3, 0.4) is 0 Å². The highest BCUT2D eigenvalue weighted by Crippen LogP contribution is 2.32. The van der Waals surface area contributed by atoms with Gasteiger partial charge in [-0.15, -0.1) is 0 Å².